The molecular formula is C27H26BrClN2O5S. The van der Waals surface area contributed by atoms with Crippen LogP contribution in [0.25, 0.3) is 6.08 Å². The van der Waals surface area contributed by atoms with Crippen molar-refractivity contribution in [3.8, 4) is 5.75 Å². The van der Waals surface area contributed by atoms with Gasteiger partial charge in [-0.2, -0.15) is 0 Å². The van der Waals surface area contributed by atoms with Gasteiger partial charge in [0, 0.05) is 22.2 Å². The number of methoxy groups -OCH3 is 1. The molecule has 0 fully saturated rings. The van der Waals surface area contributed by atoms with Gasteiger partial charge in [-0.25, -0.2) is 9.79 Å². The third kappa shape index (κ3) is 6.06. The minimum Gasteiger partial charge on any atom is -0.493 e. The van der Waals surface area contributed by atoms with E-state index in [1.165, 1.54) is 18.4 Å². The molecule has 37 heavy (non-hydrogen) atoms. The molecule has 1 aromatic heterocycles. The van der Waals surface area contributed by atoms with Crippen LogP contribution >= 0.6 is 38.9 Å². The molecule has 0 amide bonds. The van der Waals surface area contributed by atoms with E-state index >= 15 is 0 Å². The predicted molar refractivity (Wildman–Crippen MR) is 148 cm³/mol. The van der Waals surface area contributed by atoms with Crippen LogP contribution in [0.15, 0.2) is 68.0 Å². The average molecular weight is 606 g/mol. The zero-order chi connectivity index (χ0) is 26.5. The van der Waals surface area contributed by atoms with E-state index in [-0.39, 0.29) is 18.8 Å². The van der Waals surface area contributed by atoms with E-state index in [4.69, 9.17) is 25.8 Å². The van der Waals surface area contributed by atoms with Crippen molar-refractivity contribution >= 4 is 50.9 Å². The molecule has 1 aliphatic heterocycles. The number of halogens is 2. The first-order chi connectivity index (χ1) is 17.8. The summed E-state index contributed by atoms with van der Waals surface area (Å²) >= 11 is 10.9. The number of benzene rings is 2. The van der Waals surface area contributed by atoms with Crippen LogP contribution in [0.1, 0.15) is 37.4 Å². The number of aromatic nitrogens is 1. The van der Waals surface area contributed by atoms with Crippen LogP contribution in [-0.4, -0.2) is 37.5 Å². The highest BCUT2D eigenvalue weighted by atomic mass is 79.9. The van der Waals surface area contributed by atoms with Gasteiger partial charge in [-0.1, -0.05) is 57.9 Å². The number of fused-ring (bicyclic) bond motifs is 1. The van der Waals surface area contributed by atoms with Crippen molar-refractivity contribution in [2.24, 2.45) is 4.99 Å². The highest BCUT2D eigenvalue weighted by molar-refractivity contribution is 9.10. The fraction of sp³-hybridized carbons (Fsp3) is 0.296. The van der Waals surface area contributed by atoms with Gasteiger partial charge in [0.05, 0.1) is 35.1 Å². The van der Waals surface area contributed by atoms with Gasteiger partial charge in [0.15, 0.2) is 4.80 Å². The highest BCUT2D eigenvalue weighted by Crippen LogP contribution is 2.31. The Morgan fingerprint density at radius 2 is 1.95 bits per heavy atom. The second-order valence-corrected chi connectivity index (χ2v) is 10.7. The van der Waals surface area contributed by atoms with Crippen LogP contribution in [0.2, 0.25) is 5.02 Å². The Labute approximate surface area is 231 Å². The van der Waals surface area contributed by atoms with E-state index in [1.807, 2.05) is 25.1 Å². The standard InChI is InChI=1S/C27H26BrClN2O5S/c1-4-11-35-21-10-7-19(28)14-18(21)15-22-25(32)31-24(17-5-8-20(29)9-6-17)23(16(2)30-27(31)37-22)26(33)36-13-12-34-3/h5-10,14-15,24H,4,11-13H2,1-3H3. The summed E-state index contributed by atoms with van der Waals surface area (Å²) in [5.74, 6) is 0.137. The van der Waals surface area contributed by atoms with E-state index < -0.39 is 12.0 Å². The molecule has 0 spiro atoms. The summed E-state index contributed by atoms with van der Waals surface area (Å²) in [4.78, 5) is 32.1. The molecule has 1 aliphatic rings. The largest absolute Gasteiger partial charge is 0.493 e. The van der Waals surface area contributed by atoms with Gasteiger partial charge >= 0.3 is 5.97 Å². The van der Waals surface area contributed by atoms with Gasteiger partial charge in [-0.15, -0.1) is 0 Å². The normalized spacial score (nSPS) is 15.4. The van der Waals surface area contributed by atoms with E-state index in [0.717, 1.165) is 22.0 Å². The lowest BCUT2D eigenvalue weighted by molar-refractivity contribution is -0.140. The molecule has 7 nitrogen and oxygen atoms in total. The van der Waals surface area contributed by atoms with Crippen molar-refractivity contribution in [1.29, 1.82) is 0 Å². The number of rotatable bonds is 9. The maximum absolute atomic E-state index is 13.8. The Bertz CT molecular complexity index is 1510. The van der Waals surface area contributed by atoms with E-state index in [0.29, 0.717) is 38.0 Å². The van der Waals surface area contributed by atoms with E-state index in [1.54, 1.807) is 41.8 Å². The minimum absolute atomic E-state index is 0.0906. The number of carbonyl (C=O) groups is 1. The molecule has 1 atom stereocenters. The van der Waals surface area contributed by atoms with E-state index in [9.17, 15) is 9.59 Å². The van der Waals surface area contributed by atoms with Crippen LogP contribution in [0.5, 0.6) is 5.75 Å². The van der Waals surface area contributed by atoms with Crippen LogP contribution in [-0.2, 0) is 14.3 Å². The van der Waals surface area contributed by atoms with Gasteiger partial charge in [-0.3, -0.25) is 9.36 Å². The molecule has 10 heteroatoms. The fourth-order valence-electron chi connectivity index (χ4n) is 3.96. The second kappa shape index (κ2) is 12.2. The topological polar surface area (TPSA) is 79.1 Å². The molecule has 3 aromatic rings. The molecule has 1 unspecified atom stereocenters. The molecule has 0 saturated carbocycles. The number of nitrogens with zero attached hydrogens (tertiary/aromatic N) is 2. The van der Waals surface area contributed by atoms with Gasteiger partial charge in [0.2, 0.25) is 0 Å². The van der Waals surface area contributed by atoms with Crippen molar-refractivity contribution in [3.05, 3.63) is 94.0 Å². The molecule has 0 radical (unpaired) electrons. The zero-order valence-electron chi connectivity index (χ0n) is 20.6. The number of esters is 1. The Kier molecular flexibility index (Phi) is 9.02. The van der Waals surface area contributed by atoms with Crippen molar-refractivity contribution in [1.82, 2.24) is 4.57 Å². The Morgan fingerprint density at radius 3 is 2.65 bits per heavy atom. The van der Waals surface area contributed by atoms with Gasteiger partial charge < -0.3 is 14.2 Å². The summed E-state index contributed by atoms with van der Waals surface area (Å²) in [5.41, 5.74) is 2.02. The van der Waals surface area contributed by atoms with Crippen LogP contribution < -0.4 is 19.6 Å². The SMILES string of the molecule is CCCOc1ccc(Br)cc1C=c1sc2n(c1=O)C(c1ccc(Cl)cc1)C(C(=O)OCCOC)=C(C)N=2. The number of hydrogen-bond acceptors (Lipinski definition) is 7. The number of carbonyl (C=O) groups excluding carboxylic acids is 1. The van der Waals surface area contributed by atoms with E-state index in [2.05, 4.69) is 20.9 Å². The predicted octanol–water partition coefficient (Wildman–Crippen LogP) is 4.63. The zero-order valence-corrected chi connectivity index (χ0v) is 23.8. The van der Waals surface area contributed by atoms with Gasteiger partial charge in [0.1, 0.15) is 12.4 Å². The smallest absolute Gasteiger partial charge is 0.338 e. The maximum atomic E-state index is 13.8. The minimum atomic E-state index is -0.718. The van der Waals surface area contributed by atoms with Gasteiger partial charge in [-0.05, 0) is 55.3 Å². The first-order valence-electron chi connectivity index (χ1n) is 11.7. The molecule has 0 bridgehead atoms. The third-order valence-corrected chi connectivity index (χ3v) is 7.40. The first kappa shape index (κ1) is 27.3. The van der Waals surface area contributed by atoms with Crippen molar-refractivity contribution in [2.45, 2.75) is 26.3 Å². The lowest BCUT2D eigenvalue weighted by Crippen LogP contribution is -2.40. The summed E-state index contributed by atoms with van der Waals surface area (Å²) < 4.78 is 19.2. The van der Waals surface area contributed by atoms with Crippen LogP contribution in [0.3, 0.4) is 0 Å². The van der Waals surface area contributed by atoms with Crippen molar-refractivity contribution in [2.75, 3.05) is 26.9 Å². The third-order valence-electron chi connectivity index (χ3n) is 5.67. The number of allylic oxidation sites excluding steroid dienone is 1. The number of ether oxygens (including phenoxy) is 3. The van der Waals surface area contributed by atoms with Crippen molar-refractivity contribution < 1.29 is 19.0 Å². The summed E-state index contributed by atoms with van der Waals surface area (Å²) in [7, 11) is 1.53. The van der Waals surface area contributed by atoms with Crippen LogP contribution in [0, 0.1) is 0 Å². The molecule has 0 saturated heterocycles. The highest BCUT2D eigenvalue weighted by Gasteiger charge is 2.33. The first-order valence-corrected chi connectivity index (χ1v) is 13.7. The molecule has 2 heterocycles. The Balaban J connectivity index is 1.88. The summed E-state index contributed by atoms with van der Waals surface area (Å²) in [6.45, 7) is 4.70. The lowest BCUT2D eigenvalue weighted by Gasteiger charge is -2.24. The van der Waals surface area contributed by atoms with Crippen LogP contribution in [0.4, 0.5) is 0 Å². The second-order valence-electron chi connectivity index (χ2n) is 8.29. The molecular weight excluding hydrogens is 580 g/mol. The lowest BCUT2D eigenvalue weighted by atomic mass is 9.96. The molecule has 194 valence electrons. The fourth-order valence-corrected chi connectivity index (χ4v) is 5.50. The Hall–Kier alpha value is -2.72. The monoisotopic (exact) mass is 604 g/mol. The average Bonchev–Trinajstić information content (AvgIpc) is 3.17. The number of thiazole rings is 1. The van der Waals surface area contributed by atoms with Gasteiger partial charge in [0.25, 0.3) is 5.56 Å². The molecule has 2 aromatic carbocycles. The maximum Gasteiger partial charge on any atom is 0.338 e. The Morgan fingerprint density at radius 1 is 1.19 bits per heavy atom. The molecule has 4 rings (SSSR count). The summed E-state index contributed by atoms with van der Waals surface area (Å²) in [5, 5.41) is 0.551. The summed E-state index contributed by atoms with van der Waals surface area (Å²) in [6.07, 6.45) is 2.66. The quantitative estimate of drug-likeness (QED) is 0.263. The van der Waals surface area contributed by atoms with Crippen molar-refractivity contribution in [3.63, 3.8) is 0 Å². The molecule has 0 aliphatic carbocycles. The molecule has 0 N–H and O–H groups in total. The summed E-state index contributed by atoms with van der Waals surface area (Å²) in [6, 6.07) is 12.0. The number of hydrogen-bond donors (Lipinski definition) is 0.